The molecular formula is C21H15F3N4O3. The number of nitrogens with zero attached hydrogens (tertiary/aromatic N) is 2. The first-order valence-corrected chi connectivity index (χ1v) is 8.81. The van der Waals surface area contributed by atoms with E-state index in [2.05, 4.69) is 25.6 Å². The number of aromatic nitrogens is 1. The normalized spacial score (nSPS) is 11.2. The highest BCUT2D eigenvalue weighted by atomic mass is 19.4. The maximum absolute atomic E-state index is 12.5. The first-order chi connectivity index (χ1) is 14.8. The molecule has 2 amide bonds. The number of halogens is 3. The number of benzene rings is 2. The van der Waals surface area contributed by atoms with Crippen LogP contribution >= 0.6 is 0 Å². The third kappa shape index (κ3) is 6.39. The molecule has 0 unspecified atom stereocenters. The lowest BCUT2D eigenvalue weighted by molar-refractivity contribution is -0.274. The molecule has 3 rings (SSSR count). The molecule has 10 heteroatoms. The minimum atomic E-state index is -4.93. The number of rotatable bonds is 6. The van der Waals surface area contributed by atoms with Crippen LogP contribution < -0.4 is 15.5 Å². The number of hydrogen-bond donors (Lipinski definition) is 2. The molecule has 0 atom stereocenters. The molecule has 0 fully saturated rings. The Labute approximate surface area is 174 Å². The molecule has 1 heterocycles. The van der Waals surface area contributed by atoms with E-state index in [0.717, 1.165) is 11.6 Å². The molecule has 31 heavy (non-hydrogen) atoms. The molecule has 0 radical (unpaired) electrons. The van der Waals surface area contributed by atoms with E-state index in [1.807, 2.05) is 0 Å². The number of alkyl halides is 3. The number of para-hydroxylation sites is 1. The van der Waals surface area contributed by atoms with Crippen LogP contribution in [-0.4, -0.2) is 29.4 Å². The Morgan fingerprint density at radius 1 is 0.935 bits per heavy atom. The van der Waals surface area contributed by atoms with Crippen molar-refractivity contribution < 1.29 is 27.5 Å². The predicted octanol–water partition coefficient (Wildman–Crippen LogP) is 4.00. The lowest BCUT2D eigenvalue weighted by Crippen LogP contribution is -2.21. The van der Waals surface area contributed by atoms with Crippen LogP contribution in [-0.2, 0) is 0 Å². The molecule has 1 aromatic heterocycles. The molecule has 0 spiro atoms. The monoisotopic (exact) mass is 428 g/mol. The van der Waals surface area contributed by atoms with Gasteiger partial charge in [0.1, 0.15) is 5.75 Å². The van der Waals surface area contributed by atoms with Crippen molar-refractivity contribution in [2.45, 2.75) is 6.36 Å². The highest BCUT2D eigenvalue weighted by Gasteiger charge is 2.32. The topological polar surface area (TPSA) is 92.7 Å². The first kappa shape index (κ1) is 21.5. The van der Waals surface area contributed by atoms with Gasteiger partial charge in [-0.15, -0.1) is 13.2 Å². The summed E-state index contributed by atoms with van der Waals surface area (Å²) in [7, 11) is 0. The van der Waals surface area contributed by atoms with Gasteiger partial charge in [0.2, 0.25) is 0 Å². The van der Waals surface area contributed by atoms with Crippen molar-refractivity contribution in [3.05, 3.63) is 89.7 Å². The minimum absolute atomic E-state index is 0.269. The van der Waals surface area contributed by atoms with E-state index >= 15 is 0 Å². The number of ether oxygens (including phenoxy) is 1. The molecule has 0 aliphatic carbocycles. The zero-order valence-corrected chi connectivity index (χ0v) is 15.8. The molecular weight excluding hydrogens is 413 g/mol. The fourth-order valence-corrected chi connectivity index (χ4v) is 2.45. The summed E-state index contributed by atoms with van der Waals surface area (Å²) in [6, 6.07) is 14.2. The van der Waals surface area contributed by atoms with E-state index in [9.17, 15) is 22.8 Å². The van der Waals surface area contributed by atoms with Gasteiger partial charge in [0.25, 0.3) is 11.8 Å². The molecule has 7 nitrogen and oxygen atoms in total. The Balaban J connectivity index is 1.62. The van der Waals surface area contributed by atoms with Crippen molar-refractivity contribution in [2.24, 2.45) is 5.10 Å². The number of nitrogens with one attached hydrogen (secondary N) is 2. The van der Waals surface area contributed by atoms with Crippen LogP contribution in [0.25, 0.3) is 0 Å². The largest absolute Gasteiger partial charge is 0.573 e. The van der Waals surface area contributed by atoms with E-state index < -0.39 is 23.9 Å². The number of hydrogen-bond acceptors (Lipinski definition) is 5. The molecule has 0 bridgehead atoms. The molecule has 3 aromatic rings. The quantitative estimate of drug-likeness (QED) is 0.459. The molecule has 0 saturated heterocycles. The third-order valence-corrected chi connectivity index (χ3v) is 3.85. The van der Waals surface area contributed by atoms with Crippen molar-refractivity contribution >= 4 is 23.7 Å². The van der Waals surface area contributed by atoms with Crippen LogP contribution in [0.3, 0.4) is 0 Å². The summed E-state index contributed by atoms with van der Waals surface area (Å²) in [5.41, 5.74) is 3.38. The fourth-order valence-electron chi connectivity index (χ4n) is 2.45. The predicted molar refractivity (Wildman–Crippen MR) is 107 cm³/mol. The van der Waals surface area contributed by atoms with Gasteiger partial charge in [-0.1, -0.05) is 12.1 Å². The Kier molecular flexibility index (Phi) is 6.61. The number of carbonyl (C=O) groups is 2. The Bertz CT molecular complexity index is 1090. The SMILES string of the molecule is O=C(N/N=C/c1ccncc1)c1ccc(NC(=O)c2ccccc2OC(F)(F)F)cc1. The third-order valence-electron chi connectivity index (χ3n) is 3.85. The summed E-state index contributed by atoms with van der Waals surface area (Å²) < 4.78 is 41.4. The fraction of sp³-hybridized carbons (Fsp3) is 0.0476. The molecule has 158 valence electrons. The second-order valence-electron chi connectivity index (χ2n) is 6.06. The van der Waals surface area contributed by atoms with Gasteiger partial charge in [-0.05, 0) is 54.1 Å². The second-order valence-corrected chi connectivity index (χ2v) is 6.06. The zero-order chi connectivity index (χ0) is 22.3. The number of anilines is 1. The van der Waals surface area contributed by atoms with Crippen molar-refractivity contribution in [3.63, 3.8) is 0 Å². The molecule has 0 aliphatic rings. The van der Waals surface area contributed by atoms with Crippen LogP contribution in [0.5, 0.6) is 5.75 Å². The van der Waals surface area contributed by atoms with Crippen LogP contribution in [0, 0.1) is 0 Å². The smallest absolute Gasteiger partial charge is 0.405 e. The van der Waals surface area contributed by atoms with E-state index in [1.165, 1.54) is 48.7 Å². The van der Waals surface area contributed by atoms with Crippen LogP contribution in [0.4, 0.5) is 18.9 Å². The number of hydrazone groups is 1. The molecule has 2 N–H and O–H groups in total. The minimum Gasteiger partial charge on any atom is -0.405 e. The number of pyridine rings is 1. The van der Waals surface area contributed by atoms with Crippen molar-refractivity contribution in [1.82, 2.24) is 10.4 Å². The van der Waals surface area contributed by atoms with E-state index in [0.29, 0.717) is 0 Å². The lowest BCUT2D eigenvalue weighted by atomic mass is 10.1. The maximum Gasteiger partial charge on any atom is 0.573 e. The van der Waals surface area contributed by atoms with E-state index in [-0.39, 0.29) is 16.8 Å². The van der Waals surface area contributed by atoms with Crippen molar-refractivity contribution in [3.8, 4) is 5.75 Å². The van der Waals surface area contributed by atoms with Gasteiger partial charge in [-0.25, -0.2) is 5.43 Å². The summed E-state index contributed by atoms with van der Waals surface area (Å²) in [6.45, 7) is 0. The summed E-state index contributed by atoms with van der Waals surface area (Å²) in [6.07, 6.45) is -0.298. The van der Waals surface area contributed by atoms with Crippen LogP contribution in [0.1, 0.15) is 26.3 Å². The van der Waals surface area contributed by atoms with Gasteiger partial charge in [0.05, 0.1) is 11.8 Å². The summed E-state index contributed by atoms with van der Waals surface area (Å²) in [5, 5.41) is 6.30. The number of carbonyl (C=O) groups excluding carboxylic acids is 2. The van der Waals surface area contributed by atoms with Gasteiger partial charge in [-0.3, -0.25) is 14.6 Å². The summed E-state index contributed by atoms with van der Waals surface area (Å²) >= 11 is 0. The van der Waals surface area contributed by atoms with Gasteiger partial charge < -0.3 is 10.1 Å². The standard InChI is InChI=1S/C21H15F3N4O3/c22-21(23,24)31-18-4-2-1-3-17(18)20(30)27-16-7-5-15(6-8-16)19(29)28-26-13-14-9-11-25-12-10-14/h1-13H,(H,27,30)(H,28,29)/b26-13+. The Hall–Kier alpha value is -4.21. The Morgan fingerprint density at radius 2 is 1.61 bits per heavy atom. The second kappa shape index (κ2) is 9.53. The number of amides is 2. The lowest BCUT2D eigenvalue weighted by Gasteiger charge is -2.13. The van der Waals surface area contributed by atoms with Crippen molar-refractivity contribution in [1.29, 1.82) is 0 Å². The summed E-state index contributed by atoms with van der Waals surface area (Å²) in [5.74, 6) is -1.89. The first-order valence-electron chi connectivity index (χ1n) is 8.81. The molecule has 0 saturated carbocycles. The van der Waals surface area contributed by atoms with Crippen LogP contribution in [0.15, 0.2) is 78.2 Å². The highest BCUT2D eigenvalue weighted by Crippen LogP contribution is 2.26. The Morgan fingerprint density at radius 3 is 2.29 bits per heavy atom. The average Bonchev–Trinajstić information content (AvgIpc) is 2.74. The van der Waals surface area contributed by atoms with Gasteiger partial charge in [0, 0.05) is 23.6 Å². The van der Waals surface area contributed by atoms with E-state index in [1.54, 1.807) is 24.5 Å². The zero-order valence-electron chi connectivity index (χ0n) is 15.8. The van der Waals surface area contributed by atoms with Gasteiger partial charge in [0.15, 0.2) is 0 Å². The summed E-state index contributed by atoms with van der Waals surface area (Å²) in [4.78, 5) is 28.3. The van der Waals surface area contributed by atoms with Crippen molar-refractivity contribution in [2.75, 3.05) is 5.32 Å². The molecule has 2 aromatic carbocycles. The molecule has 0 aliphatic heterocycles. The van der Waals surface area contributed by atoms with E-state index in [4.69, 9.17) is 0 Å². The van der Waals surface area contributed by atoms with Gasteiger partial charge in [-0.2, -0.15) is 5.10 Å². The average molecular weight is 428 g/mol. The maximum atomic E-state index is 12.5. The van der Waals surface area contributed by atoms with Gasteiger partial charge >= 0.3 is 6.36 Å². The highest BCUT2D eigenvalue weighted by molar-refractivity contribution is 6.06. The van der Waals surface area contributed by atoms with Crippen LogP contribution in [0.2, 0.25) is 0 Å².